The molecule has 0 radical (unpaired) electrons. The van der Waals surface area contributed by atoms with Crippen molar-refractivity contribution in [3.8, 4) is 0 Å². The molecule has 0 aliphatic carbocycles. The number of carbonyl (C=O) groups excluding carboxylic acids is 1. The van der Waals surface area contributed by atoms with Crippen LogP contribution in [0.15, 0.2) is 46.5 Å². The first-order chi connectivity index (χ1) is 12.9. The summed E-state index contributed by atoms with van der Waals surface area (Å²) in [7, 11) is -3.52. The van der Waals surface area contributed by atoms with Crippen molar-refractivity contribution in [1.29, 1.82) is 0 Å². The van der Waals surface area contributed by atoms with Gasteiger partial charge in [-0.1, -0.05) is 11.8 Å². The lowest BCUT2D eigenvalue weighted by Gasteiger charge is -2.15. The van der Waals surface area contributed by atoms with Crippen LogP contribution in [0.25, 0.3) is 0 Å². The number of amides is 1. The Hall–Kier alpha value is -2.04. The van der Waals surface area contributed by atoms with Crippen molar-refractivity contribution in [3.05, 3.63) is 48.2 Å². The fourth-order valence-electron chi connectivity index (χ4n) is 2.59. The minimum Gasteiger partial charge on any atom is -0.325 e. The zero-order chi connectivity index (χ0) is 19.4. The van der Waals surface area contributed by atoms with Gasteiger partial charge >= 0.3 is 0 Å². The average Bonchev–Trinajstić information content (AvgIpc) is 3.19. The van der Waals surface area contributed by atoms with E-state index >= 15 is 0 Å². The molecule has 1 aromatic carbocycles. The van der Waals surface area contributed by atoms with E-state index in [-0.39, 0.29) is 16.3 Å². The molecule has 1 aliphatic rings. The summed E-state index contributed by atoms with van der Waals surface area (Å²) in [4.78, 5) is 16.1. The number of halogens is 2. The third kappa shape index (κ3) is 4.82. The lowest BCUT2D eigenvalue weighted by Crippen LogP contribution is -2.27. The molecule has 1 aromatic heterocycles. The van der Waals surface area contributed by atoms with Crippen LogP contribution in [0.1, 0.15) is 12.8 Å². The topological polar surface area (TPSA) is 79.4 Å². The fourth-order valence-corrected chi connectivity index (χ4v) is 4.70. The molecule has 2 heterocycles. The number of anilines is 1. The first kappa shape index (κ1) is 19.7. The maximum absolute atomic E-state index is 13.1. The summed E-state index contributed by atoms with van der Waals surface area (Å²) in [5.41, 5.74) is 0.152. The predicted octanol–water partition coefficient (Wildman–Crippen LogP) is 2.88. The van der Waals surface area contributed by atoms with Crippen LogP contribution in [0.4, 0.5) is 14.5 Å². The molecule has 0 bridgehead atoms. The van der Waals surface area contributed by atoms with Crippen molar-refractivity contribution >= 4 is 33.4 Å². The van der Waals surface area contributed by atoms with E-state index in [2.05, 4.69) is 10.3 Å². The second-order valence-electron chi connectivity index (χ2n) is 5.91. The number of benzene rings is 1. The monoisotopic (exact) mass is 413 g/mol. The maximum Gasteiger partial charge on any atom is 0.244 e. The molecule has 1 saturated heterocycles. The van der Waals surface area contributed by atoms with Gasteiger partial charge in [-0.2, -0.15) is 4.31 Å². The Bertz CT molecular complexity index is 931. The molecule has 1 fully saturated rings. The number of aromatic nitrogens is 1. The van der Waals surface area contributed by atoms with Gasteiger partial charge in [0.25, 0.3) is 0 Å². The molecule has 1 aliphatic heterocycles. The highest BCUT2D eigenvalue weighted by molar-refractivity contribution is 7.99. The molecule has 27 heavy (non-hydrogen) atoms. The van der Waals surface area contributed by atoms with Crippen LogP contribution in [0.5, 0.6) is 0 Å². The van der Waals surface area contributed by atoms with E-state index in [1.807, 2.05) is 0 Å². The third-order valence-electron chi connectivity index (χ3n) is 3.97. The molecule has 0 spiro atoms. The smallest absolute Gasteiger partial charge is 0.244 e. The number of nitrogens with zero attached hydrogens (tertiary/aromatic N) is 2. The van der Waals surface area contributed by atoms with Gasteiger partial charge in [0.15, 0.2) is 11.6 Å². The molecule has 2 aromatic rings. The summed E-state index contributed by atoms with van der Waals surface area (Å²) in [5, 5.41) is 2.94. The minimum absolute atomic E-state index is 0.00971. The summed E-state index contributed by atoms with van der Waals surface area (Å²) in [6, 6.07) is 6.10. The number of rotatable bonds is 6. The summed E-state index contributed by atoms with van der Waals surface area (Å²) in [5.74, 6) is -2.46. The van der Waals surface area contributed by atoms with Crippen molar-refractivity contribution < 1.29 is 22.0 Å². The van der Waals surface area contributed by atoms with Crippen molar-refractivity contribution in [2.75, 3.05) is 24.2 Å². The van der Waals surface area contributed by atoms with Crippen LogP contribution in [-0.2, 0) is 14.8 Å². The summed E-state index contributed by atoms with van der Waals surface area (Å²) < 4.78 is 52.3. The predicted molar refractivity (Wildman–Crippen MR) is 97.9 cm³/mol. The third-order valence-corrected chi connectivity index (χ3v) is 6.79. The second-order valence-corrected chi connectivity index (χ2v) is 8.84. The Labute approximate surface area is 160 Å². The van der Waals surface area contributed by atoms with Gasteiger partial charge in [-0.25, -0.2) is 22.2 Å². The minimum atomic E-state index is -3.52. The van der Waals surface area contributed by atoms with Gasteiger partial charge in [-0.15, -0.1) is 0 Å². The summed E-state index contributed by atoms with van der Waals surface area (Å²) in [6.07, 6.45) is 2.99. The summed E-state index contributed by atoms with van der Waals surface area (Å²) in [6.45, 7) is 1.03. The SMILES string of the molecule is O=C(CSc1ccc(S(=O)(=O)N2CCCC2)cn1)Nc1ccc(F)c(F)c1. The lowest BCUT2D eigenvalue weighted by atomic mass is 10.3. The normalized spacial score (nSPS) is 15.0. The van der Waals surface area contributed by atoms with E-state index in [0.29, 0.717) is 18.1 Å². The Kier molecular flexibility index (Phi) is 6.08. The van der Waals surface area contributed by atoms with Crippen LogP contribution in [-0.4, -0.2) is 42.5 Å². The lowest BCUT2D eigenvalue weighted by molar-refractivity contribution is -0.113. The van der Waals surface area contributed by atoms with E-state index in [4.69, 9.17) is 0 Å². The van der Waals surface area contributed by atoms with Gasteiger partial charge in [0.2, 0.25) is 15.9 Å². The van der Waals surface area contributed by atoms with E-state index in [0.717, 1.165) is 36.7 Å². The van der Waals surface area contributed by atoms with Crippen molar-refractivity contribution in [2.24, 2.45) is 0 Å². The Balaban J connectivity index is 1.56. The van der Waals surface area contributed by atoms with E-state index in [1.165, 1.54) is 22.6 Å². The van der Waals surface area contributed by atoms with Crippen LogP contribution < -0.4 is 5.32 Å². The number of sulfonamides is 1. The van der Waals surface area contributed by atoms with E-state index in [9.17, 15) is 22.0 Å². The molecule has 0 unspecified atom stereocenters. The molecule has 10 heteroatoms. The Morgan fingerprint density at radius 2 is 1.89 bits per heavy atom. The Morgan fingerprint density at radius 3 is 2.52 bits per heavy atom. The number of hydrogen-bond acceptors (Lipinski definition) is 5. The molecule has 1 amide bonds. The van der Waals surface area contributed by atoms with Crippen molar-refractivity contribution in [3.63, 3.8) is 0 Å². The van der Waals surface area contributed by atoms with Crippen molar-refractivity contribution in [2.45, 2.75) is 22.8 Å². The standard InChI is InChI=1S/C17H17F2N3O3S2/c18-14-5-3-12(9-15(14)19)21-16(23)11-26-17-6-4-13(10-20-17)27(24,25)22-7-1-2-8-22/h3-6,9-10H,1-2,7-8,11H2,(H,21,23). The quantitative estimate of drug-likeness (QED) is 0.737. The van der Waals surface area contributed by atoms with Gasteiger partial charge in [0.1, 0.15) is 4.90 Å². The van der Waals surface area contributed by atoms with Gasteiger partial charge < -0.3 is 5.32 Å². The highest BCUT2D eigenvalue weighted by atomic mass is 32.2. The van der Waals surface area contributed by atoms with Crippen LogP contribution in [0.2, 0.25) is 0 Å². The highest BCUT2D eigenvalue weighted by Gasteiger charge is 2.27. The average molecular weight is 413 g/mol. The van der Waals surface area contributed by atoms with Gasteiger partial charge in [0, 0.05) is 31.0 Å². The molecule has 1 N–H and O–H groups in total. The first-order valence-corrected chi connectivity index (χ1v) is 10.6. The van der Waals surface area contributed by atoms with E-state index in [1.54, 1.807) is 6.07 Å². The number of hydrogen-bond donors (Lipinski definition) is 1. The molecular formula is C17H17F2N3O3S2. The first-order valence-electron chi connectivity index (χ1n) is 8.20. The van der Waals surface area contributed by atoms with Gasteiger partial charge in [0.05, 0.1) is 10.8 Å². The van der Waals surface area contributed by atoms with Crippen molar-refractivity contribution in [1.82, 2.24) is 9.29 Å². The Morgan fingerprint density at radius 1 is 1.15 bits per heavy atom. The zero-order valence-electron chi connectivity index (χ0n) is 14.2. The zero-order valence-corrected chi connectivity index (χ0v) is 15.8. The van der Waals surface area contributed by atoms with Crippen LogP contribution in [0, 0.1) is 11.6 Å². The highest BCUT2D eigenvalue weighted by Crippen LogP contribution is 2.23. The number of pyridine rings is 1. The van der Waals surface area contributed by atoms with Gasteiger partial charge in [-0.3, -0.25) is 4.79 Å². The molecule has 6 nitrogen and oxygen atoms in total. The molecular weight excluding hydrogens is 396 g/mol. The fraction of sp³-hybridized carbons (Fsp3) is 0.294. The molecule has 0 atom stereocenters. The van der Waals surface area contributed by atoms with Crippen LogP contribution >= 0.6 is 11.8 Å². The molecule has 144 valence electrons. The second kappa shape index (κ2) is 8.32. The number of carbonyl (C=O) groups is 1. The van der Waals surface area contributed by atoms with Crippen LogP contribution in [0.3, 0.4) is 0 Å². The molecule has 0 saturated carbocycles. The van der Waals surface area contributed by atoms with E-state index < -0.39 is 27.6 Å². The van der Waals surface area contributed by atoms with Gasteiger partial charge in [-0.05, 0) is 37.1 Å². The number of nitrogens with one attached hydrogen (secondary N) is 1. The summed E-state index contributed by atoms with van der Waals surface area (Å²) >= 11 is 1.11. The molecule has 3 rings (SSSR count). The largest absolute Gasteiger partial charge is 0.325 e. The number of thioether (sulfide) groups is 1. The maximum atomic E-state index is 13.1.